The highest BCUT2D eigenvalue weighted by Crippen LogP contribution is 2.29. The number of aliphatic hydroxyl groups is 2. The summed E-state index contributed by atoms with van der Waals surface area (Å²) >= 11 is 6.25. The van der Waals surface area contributed by atoms with Crippen LogP contribution in [0, 0.1) is 20.8 Å². The van der Waals surface area contributed by atoms with Gasteiger partial charge in [-0.3, -0.25) is 4.90 Å². The lowest BCUT2D eigenvalue weighted by Crippen LogP contribution is -2.59. The lowest BCUT2D eigenvalue weighted by molar-refractivity contribution is -0.140. The summed E-state index contributed by atoms with van der Waals surface area (Å²) in [5.74, 6) is 2.41. The van der Waals surface area contributed by atoms with Crippen molar-refractivity contribution in [1.29, 1.82) is 0 Å². The average molecular weight is 500 g/mol. The van der Waals surface area contributed by atoms with E-state index in [-0.39, 0.29) is 6.61 Å². The molecule has 0 aliphatic carbocycles. The third-order valence-electron chi connectivity index (χ3n) is 6.56. The van der Waals surface area contributed by atoms with Gasteiger partial charge in [0.15, 0.2) is 0 Å². The van der Waals surface area contributed by atoms with Crippen molar-refractivity contribution in [3.63, 3.8) is 0 Å². The molecule has 35 heavy (non-hydrogen) atoms. The molecule has 1 saturated heterocycles. The Morgan fingerprint density at radius 1 is 1.11 bits per heavy atom. The first-order chi connectivity index (χ1) is 16.7. The molecule has 1 aliphatic rings. The number of rotatable bonds is 9. The topological polar surface area (TPSA) is 80.0 Å². The SMILES string of the molecule is Cc1cc(OC[C@@]2(O)CN(Cc3cccc(OCCn4ccnc4C)c3)CC[C@@H]2O)cc(C)c1Cl. The van der Waals surface area contributed by atoms with Crippen LogP contribution in [0.15, 0.2) is 48.8 Å². The Labute approximate surface area is 211 Å². The van der Waals surface area contributed by atoms with E-state index in [1.807, 2.05) is 63.4 Å². The van der Waals surface area contributed by atoms with Crippen LogP contribution in [0.5, 0.6) is 11.5 Å². The molecule has 0 amide bonds. The van der Waals surface area contributed by atoms with Crippen molar-refractivity contribution in [1.82, 2.24) is 14.5 Å². The summed E-state index contributed by atoms with van der Waals surface area (Å²) < 4.78 is 13.9. The number of halogens is 1. The zero-order valence-corrected chi connectivity index (χ0v) is 21.3. The summed E-state index contributed by atoms with van der Waals surface area (Å²) in [5.41, 5.74) is 1.56. The number of hydrogen-bond donors (Lipinski definition) is 2. The maximum Gasteiger partial charge on any atom is 0.137 e. The number of β-amino-alcohol motifs (C(OH)–C–C–N with tert-alkyl or cyclic N) is 1. The standard InChI is InChI=1S/C27H34ClN3O4/c1-19-13-24(14-20(2)26(19)28)35-18-27(33)17-30(9-7-25(27)32)16-22-5-4-6-23(15-22)34-12-11-31-10-8-29-21(31)3/h4-6,8,10,13-15,25,32-33H,7,9,11-12,16-18H2,1-3H3/t25-,27-/m0/s1. The van der Waals surface area contributed by atoms with Crippen LogP contribution in [0.2, 0.25) is 5.02 Å². The Morgan fingerprint density at radius 3 is 2.60 bits per heavy atom. The van der Waals surface area contributed by atoms with Crippen molar-refractivity contribution in [3.05, 3.63) is 76.3 Å². The normalized spacial score (nSPS) is 20.7. The first kappa shape index (κ1) is 25.5. The number of hydrogen-bond acceptors (Lipinski definition) is 6. The van der Waals surface area contributed by atoms with Crippen molar-refractivity contribution in [2.75, 3.05) is 26.3 Å². The van der Waals surface area contributed by atoms with Crippen LogP contribution >= 0.6 is 11.6 Å². The maximum absolute atomic E-state index is 11.3. The molecule has 4 rings (SSSR count). The van der Waals surface area contributed by atoms with Crippen LogP contribution in [0.1, 0.15) is 28.9 Å². The Hall–Kier alpha value is -2.58. The first-order valence-electron chi connectivity index (χ1n) is 12.0. The van der Waals surface area contributed by atoms with E-state index in [1.165, 1.54) is 0 Å². The number of likely N-dealkylation sites (tertiary alicyclic amines) is 1. The molecule has 0 unspecified atom stereocenters. The molecular formula is C27H34ClN3O4. The lowest BCUT2D eigenvalue weighted by Gasteiger charge is -2.42. The van der Waals surface area contributed by atoms with Gasteiger partial charge in [0.05, 0.1) is 12.6 Å². The Balaban J connectivity index is 1.34. The first-order valence-corrected chi connectivity index (χ1v) is 12.3. The summed E-state index contributed by atoms with van der Waals surface area (Å²) in [6.45, 7) is 8.75. The highest BCUT2D eigenvalue weighted by atomic mass is 35.5. The van der Waals surface area contributed by atoms with Crippen LogP contribution in [0.25, 0.3) is 0 Å². The highest BCUT2D eigenvalue weighted by Gasteiger charge is 2.42. The molecule has 2 heterocycles. The predicted molar refractivity (Wildman–Crippen MR) is 136 cm³/mol. The van der Waals surface area contributed by atoms with E-state index in [4.69, 9.17) is 21.1 Å². The van der Waals surface area contributed by atoms with E-state index in [1.54, 1.807) is 6.20 Å². The number of aromatic nitrogens is 2. The zero-order valence-electron chi connectivity index (χ0n) is 20.6. The Morgan fingerprint density at radius 2 is 1.89 bits per heavy atom. The molecule has 1 aromatic heterocycles. The minimum atomic E-state index is -1.36. The van der Waals surface area contributed by atoms with Gasteiger partial charge in [-0.05, 0) is 68.1 Å². The number of aryl methyl sites for hydroxylation is 3. The molecule has 188 valence electrons. The summed E-state index contributed by atoms with van der Waals surface area (Å²) in [4.78, 5) is 6.37. The van der Waals surface area contributed by atoms with E-state index >= 15 is 0 Å². The monoisotopic (exact) mass is 499 g/mol. The van der Waals surface area contributed by atoms with Gasteiger partial charge in [0.2, 0.25) is 0 Å². The van der Waals surface area contributed by atoms with Gasteiger partial charge < -0.3 is 24.3 Å². The van der Waals surface area contributed by atoms with E-state index < -0.39 is 11.7 Å². The van der Waals surface area contributed by atoms with E-state index in [0.717, 1.165) is 34.8 Å². The molecule has 3 aromatic rings. The number of ether oxygens (including phenoxy) is 2. The molecule has 2 aromatic carbocycles. The molecule has 0 spiro atoms. The number of benzene rings is 2. The van der Waals surface area contributed by atoms with Crippen molar-refractivity contribution >= 4 is 11.6 Å². The molecule has 1 fully saturated rings. The zero-order chi connectivity index (χ0) is 25.0. The molecule has 0 saturated carbocycles. The van der Waals surface area contributed by atoms with Crippen molar-refractivity contribution in [2.45, 2.75) is 52.0 Å². The van der Waals surface area contributed by atoms with Crippen LogP contribution in [-0.2, 0) is 13.1 Å². The maximum atomic E-state index is 11.3. The van der Waals surface area contributed by atoms with Crippen LogP contribution < -0.4 is 9.47 Å². The van der Waals surface area contributed by atoms with E-state index in [9.17, 15) is 10.2 Å². The largest absolute Gasteiger partial charge is 0.492 e. The number of nitrogens with zero attached hydrogens (tertiary/aromatic N) is 3. The molecule has 2 N–H and O–H groups in total. The summed E-state index contributed by atoms with van der Waals surface area (Å²) in [5, 5.41) is 22.5. The smallest absolute Gasteiger partial charge is 0.137 e. The molecule has 0 radical (unpaired) electrons. The predicted octanol–water partition coefficient (Wildman–Crippen LogP) is 3.92. The van der Waals surface area contributed by atoms with Gasteiger partial charge in [-0.2, -0.15) is 0 Å². The Kier molecular flexibility index (Phi) is 8.02. The second-order valence-corrected chi connectivity index (χ2v) is 9.82. The quantitative estimate of drug-likeness (QED) is 0.464. The molecule has 1 aliphatic heterocycles. The van der Waals surface area contributed by atoms with Gasteiger partial charge >= 0.3 is 0 Å². The van der Waals surface area contributed by atoms with Gasteiger partial charge in [0, 0.05) is 37.1 Å². The van der Waals surface area contributed by atoms with Gasteiger partial charge in [-0.15, -0.1) is 0 Å². The van der Waals surface area contributed by atoms with Crippen molar-refractivity contribution < 1.29 is 19.7 Å². The van der Waals surface area contributed by atoms with E-state index in [2.05, 4.69) is 14.5 Å². The molecule has 7 nitrogen and oxygen atoms in total. The number of imidazole rings is 1. The molecule has 8 heteroatoms. The lowest BCUT2D eigenvalue weighted by atomic mass is 9.90. The number of piperidine rings is 1. The number of aliphatic hydroxyl groups excluding tert-OH is 1. The molecular weight excluding hydrogens is 466 g/mol. The van der Waals surface area contributed by atoms with Gasteiger partial charge in [-0.1, -0.05) is 23.7 Å². The van der Waals surface area contributed by atoms with Crippen molar-refractivity contribution in [2.24, 2.45) is 0 Å². The van der Waals surface area contributed by atoms with Gasteiger partial charge in [-0.25, -0.2) is 4.98 Å². The van der Waals surface area contributed by atoms with Gasteiger partial charge in [0.25, 0.3) is 0 Å². The average Bonchev–Trinajstić information content (AvgIpc) is 3.23. The summed E-state index contributed by atoms with van der Waals surface area (Å²) in [6, 6.07) is 11.7. The fraction of sp³-hybridized carbons (Fsp3) is 0.444. The highest BCUT2D eigenvalue weighted by molar-refractivity contribution is 6.32. The fourth-order valence-corrected chi connectivity index (χ4v) is 4.62. The molecule has 0 bridgehead atoms. The van der Waals surface area contributed by atoms with Crippen LogP contribution in [-0.4, -0.2) is 62.7 Å². The third-order valence-corrected chi connectivity index (χ3v) is 7.16. The summed E-state index contributed by atoms with van der Waals surface area (Å²) in [7, 11) is 0. The van der Waals surface area contributed by atoms with Gasteiger partial charge in [0.1, 0.15) is 36.1 Å². The second-order valence-electron chi connectivity index (χ2n) is 9.44. The minimum Gasteiger partial charge on any atom is -0.492 e. The minimum absolute atomic E-state index is 0.00198. The van der Waals surface area contributed by atoms with Crippen LogP contribution in [0.3, 0.4) is 0 Å². The van der Waals surface area contributed by atoms with Crippen molar-refractivity contribution in [3.8, 4) is 11.5 Å². The summed E-state index contributed by atoms with van der Waals surface area (Å²) in [6.07, 6.45) is 3.35. The van der Waals surface area contributed by atoms with E-state index in [0.29, 0.717) is 43.4 Å². The Bertz CT molecular complexity index is 1130. The van der Waals surface area contributed by atoms with Crippen LogP contribution in [0.4, 0.5) is 0 Å². The fourth-order valence-electron chi connectivity index (χ4n) is 4.51. The second kappa shape index (κ2) is 11.0. The third kappa shape index (κ3) is 6.35. The molecule has 2 atom stereocenters.